The Hall–Kier alpha value is -4.05. The van der Waals surface area contributed by atoms with E-state index in [1.807, 2.05) is 0 Å². The number of primary amides is 1. The van der Waals surface area contributed by atoms with Crippen LogP contribution in [0.15, 0.2) is 76.7 Å². The maximum atomic E-state index is 14.5. The molecule has 1 heterocycles. The van der Waals surface area contributed by atoms with Gasteiger partial charge in [0.05, 0.1) is 22.3 Å². The quantitative estimate of drug-likeness (QED) is 0.334. The molecule has 0 saturated carbocycles. The predicted octanol–water partition coefficient (Wildman–Crippen LogP) is 3.49. The van der Waals surface area contributed by atoms with Gasteiger partial charge in [-0.05, 0) is 48.5 Å². The molecule has 0 aliphatic carbocycles. The zero-order valence-electron chi connectivity index (χ0n) is 16.9. The average Bonchev–Trinajstić information content (AvgIpc) is 2.79. The Morgan fingerprint density at radius 1 is 1.03 bits per heavy atom. The summed E-state index contributed by atoms with van der Waals surface area (Å²) in [4.78, 5) is 41.1. The molecule has 3 N–H and O–H groups in total. The van der Waals surface area contributed by atoms with Gasteiger partial charge < -0.3 is 11.1 Å². The first kappa shape index (κ1) is 22.2. The van der Waals surface area contributed by atoms with Gasteiger partial charge in [0, 0.05) is 17.3 Å². The Balaban J connectivity index is 1.64. The van der Waals surface area contributed by atoms with Crippen molar-refractivity contribution in [2.45, 2.75) is 5.16 Å². The zero-order chi connectivity index (χ0) is 23.5. The molecule has 10 heteroatoms. The average molecular weight is 466 g/mol. The van der Waals surface area contributed by atoms with Gasteiger partial charge in [0.2, 0.25) is 11.8 Å². The third-order valence-corrected chi connectivity index (χ3v) is 5.62. The second kappa shape index (κ2) is 9.21. The van der Waals surface area contributed by atoms with Gasteiger partial charge in [-0.25, -0.2) is 13.8 Å². The summed E-state index contributed by atoms with van der Waals surface area (Å²) in [5.74, 6) is -2.87. The molecule has 0 bridgehead atoms. The molecule has 4 rings (SSSR count). The monoisotopic (exact) mass is 466 g/mol. The number of fused-ring (bicyclic) bond motifs is 1. The highest BCUT2D eigenvalue weighted by atomic mass is 32.2. The number of hydrogen-bond donors (Lipinski definition) is 2. The number of nitrogens with zero attached hydrogens (tertiary/aromatic N) is 2. The SMILES string of the molecule is NC(=O)c1ccc(NC(=O)CSc2nc3ccccc3c(=O)n2-c2ccc(F)cc2F)cc1. The van der Waals surface area contributed by atoms with Crippen molar-refractivity contribution in [3.8, 4) is 5.69 Å². The predicted molar refractivity (Wildman–Crippen MR) is 122 cm³/mol. The summed E-state index contributed by atoms with van der Waals surface area (Å²) in [6.07, 6.45) is 0. The van der Waals surface area contributed by atoms with Gasteiger partial charge in [0.25, 0.3) is 5.56 Å². The summed E-state index contributed by atoms with van der Waals surface area (Å²) in [6.45, 7) is 0. The van der Waals surface area contributed by atoms with Crippen molar-refractivity contribution in [1.29, 1.82) is 0 Å². The van der Waals surface area contributed by atoms with Gasteiger partial charge in [-0.1, -0.05) is 23.9 Å². The van der Waals surface area contributed by atoms with Crippen LogP contribution in [0.5, 0.6) is 0 Å². The fourth-order valence-electron chi connectivity index (χ4n) is 3.13. The summed E-state index contributed by atoms with van der Waals surface area (Å²) in [5.41, 5.74) is 5.60. The number of anilines is 1. The second-order valence-electron chi connectivity index (χ2n) is 6.93. The van der Waals surface area contributed by atoms with Crippen molar-refractivity contribution >= 4 is 40.2 Å². The highest BCUT2D eigenvalue weighted by molar-refractivity contribution is 7.99. The van der Waals surface area contributed by atoms with E-state index in [0.29, 0.717) is 22.8 Å². The van der Waals surface area contributed by atoms with Crippen LogP contribution in [0.2, 0.25) is 0 Å². The van der Waals surface area contributed by atoms with Crippen LogP contribution in [0.25, 0.3) is 16.6 Å². The van der Waals surface area contributed by atoms with Gasteiger partial charge in [-0.15, -0.1) is 0 Å². The molecule has 0 atom stereocenters. The van der Waals surface area contributed by atoms with E-state index in [9.17, 15) is 23.2 Å². The molecule has 4 aromatic rings. The fourth-order valence-corrected chi connectivity index (χ4v) is 3.93. The first-order valence-electron chi connectivity index (χ1n) is 9.63. The number of halogens is 2. The lowest BCUT2D eigenvalue weighted by Gasteiger charge is -2.14. The summed E-state index contributed by atoms with van der Waals surface area (Å²) in [5, 5.41) is 2.98. The van der Waals surface area contributed by atoms with E-state index in [-0.39, 0.29) is 22.0 Å². The number of carbonyl (C=O) groups excluding carboxylic acids is 2. The number of thioether (sulfide) groups is 1. The van der Waals surface area contributed by atoms with Crippen molar-refractivity contribution in [3.63, 3.8) is 0 Å². The van der Waals surface area contributed by atoms with Crippen LogP contribution < -0.4 is 16.6 Å². The van der Waals surface area contributed by atoms with Crippen LogP contribution in [0.4, 0.5) is 14.5 Å². The van der Waals surface area contributed by atoms with Crippen LogP contribution >= 0.6 is 11.8 Å². The molecule has 33 heavy (non-hydrogen) atoms. The Morgan fingerprint density at radius 3 is 2.45 bits per heavy atom. The molecule has 166 valence electrons. The molecule has 1 aromatic heterocycles. The number of hydrogen-bond acceptors (Lipinski definition) is 5. The fraction of sp³-hybridized carbons (Fsp3) is 0.0435. The van der Waals surface area contributed by atoms with Gasteiger partial charge in [0.1, 0.15) is 11.6 Å². The summed E-state index contributed by atoms with van der Waals surface area (Å²) in [7, 11) is 0. The molecule has 0 saturated heterocycles. The van der Waals surface area contributed by atoms with Gasteiger partial charge >= 0.3 is 0 Å². The summed E-state index contributed by atoms with van der Waals surface area (Å²) in [6, 6.07) is 15.4. The number of amides is 2. The van der Waals surface area contributed by atoms with Crippen molar-refractivity contribution in [1.82, 2.24) is 9.55 Å². The van der Waals surface area contributed by atoms with Crippen LogP contribution in [-0.2, 0) is 4.79 Å². The van der Waals surface area contributed by atoms with Crippen LogP contribution in [0, 0.1) is 11.6 Å². The Bertz CT molecular complexity index is 1440. The minimum atomic E-state index is -0.935. The molecule has 0 unspecified atom stereocenters. The molecule has 0 radical (unpaired) electrons. The Labute approximate surface area is 190 Å². The van der Waals surface area contributed by atoms with Gasteiger partial charge in [0.15, 0.2) is 5.16 Å². The van der Waals surface area contributed by atoms with E-state index in [0.717, 1.165) is 28.5 Å². The number of rotatable bonds is 6. The third kappa shape index (κ3) is 4.75. The highest BCUT2D eigenvalue weighted by Gasteiger charge is 2.18. The second-order valence-corrected chi connectivity index (χ2v) is 7.87. The third-order valence-electron chi connectivity index (χ3n) is 4.68. The topological polar surface area (TPSA) is 107 Å². The van der Waals surface area contributed by atoms with E-state index < -0.39 is 29.0 Å². The molecule has 7 nitrogen and oxygen atoms in total. The smallest absolute Gasteiger partial charge is 0.266 e. The molecule has 0 aliphatic rings. The van der Waals surface area contributed by atoms with Crippen LogP contribution in [-0.4, -0.2) is 27.1 Å². The normalized spacial score (nSPS) is 10.8. The van der Waals surface area contributed by atoms with Crippen LogP contribution in [0.3, 0.4) is 0 Å². The van der Waals surface area contributed by atoms with Crippen molar-refractivity contribution in [3.05, 3.63) is 94.3 Å². The van der Waals surface area contributed by atoms with E-state index >= 15 is 0 Å². The summed E-state index contributed by atoms with van der Waals surface area (Å²) >= 11 is 0.924. The minimum Gasteiger partial charge on any atom is -0.366 e. The Kier molecular flexibility index (Phi) is 6.18. The minimum absolute atomic E-state index is 0.0726. The van der Waals surface area contributed by atoms with Gasteiger partial charge in [-0.2, -0.15) is 0 Å². The van der Waals surface area contributed by atoms with Gasteiger partial charge in [-0.3, -0.25) is 19.0 Å². The maximum absolute atomic E-state index is 14.5. The molecule has 2 amide bonds. The standard InChI is InChI=1S/C23H16F2N4O3S/c24-14-7-10-19(17(25)11-14)29-22(32)16-3-1-2-4-18(16)28-23(29)33-12-20(30)27-15-8-5-13(6-9-15)21(26)31/h1-11H,12H2,(H2,26,31)(H,27,30). The molecule has 3 aromatic carbocycles. The van der Waals surface area contributed by atoms with E-state index in [1.54, 1.807) is 24.3 Å². The van der Waals surface area contributed by atoms with Crippen molar-refractivity contribution < 1.29 is 18.4 Å². The van der Waals surface area contributed by atoms with Crippen LogP contribution in [0.1, 0.15) is 10.4 Å². The molecule has 0 spiro atoms. The lowest BCUT2D eigenvalue weighted by molar-refractivity contribution is -0.113. The number of nitrogens with one attached hydrogen (secondary N) is 1. The number of nitrogens with two attached hydrogens (primary N) is 1. The number of benzene rings is 3. The van der Waals surface area contributed by atoms with E-state index in [2.05, 4.69) is 10.3 Å². The Morgan fingerprint density at radius 2 is 1.76 bits per heavy atom. The maximum Gasteiger partial charge on any atom is 0.266 e. The lowest BCUT2D eigenvalue weighted by atomic mass is 10.2. The van der Waals surface area contributed by atoms with Crippen molar-refractivity contribution in [2.75, 3.05) is 11.1 Å². The zero-order valence-corrected chi connectivity index (χ0v) is 17.7. The first-order chi connectivity index (χ1) is 15.8. The number of carbonyl (C=O) groups is 2. The molecule has 0 fully saturated rings. The van der Waals surface area contributed by atoms with E-state index in [1.165, 1.54) is 24.3 Å². The largest absolute Gasteiger partial charge is 0.366 e. The first-order valence-corrected chi connectivity index (χ1v) is 10.6. The highest BCUT2D eigenvalue weighted by Crippen LogP contribution is 2.23. The number of aromatic nitrogens is 2. The molecular weight excluding hydrogens is 450 g/mol. The molecular formula is C23H16F2N4O3S. The van der Waals surface area contributed by atoms with E-state index in [4.69, 9.17) is 5.73 Å². The molecule has 0 aliphatic heterocycles. The lowest BCUT2D eigenvalue weighted by Crippen LogP contribution is -2.23. The summed E-state index contributed by atoms with van der Waals surface area (Å²) < 4.78 is 29.0. The number of para-hydroxylation sites is 1. The van der Waals surface area contributed by atoms with Crippen molar-refractivity contribution in [2.24, 2.45) is 5.73 Å².